The molecule has 2 unspecified atom stereocenters. The number of nitrogens with zero attached hydrogens (tertiary/aromatic N) is 3. The van der Waals surface area contributed by atoms with Gasteiger partial charge in [0.25, 0.3) is 5.91 Å². The molecule has 2 atom stereocenters. The first kappa shape index (κ1) is 75.5. The standard InChI is InChI=1S/C22H31N3O.C15H18N2O.C15H18O3.C14H16N2O2.C8H17N.CH4O/c1-4-5-8-19-14-20(25-24-19)16-9-11-17(12-10-16)21(26)23-15-18-7-6-13-22(18,2)3;1-3-4-5-14-10-15(17-16-14)13-8-6-12(7-9-13)11(2)18;1-3-4-5-14(17)10-15(18)13-8-6-12(7-9-13)11(2)16;1-2-3-4-12-9-13(16-15-12)10-5-7-11(8-6-10)14(17)18;1-8(2)5-3-4-7(8)6-9;1-2/h9-12,14,18H,4-8,13,15H2,1-3H3,(H,23,26)(H,24,25);6-10H,3-5H2,1-2H3,(H,16,17);6-9H,3-5,10H2,1-2H3;5-9H,2-4H2,1H3,(H,15,16)(H,17,18);7H,3-6,9H2,1-2H3;2H,1H3. The lowest BCUT2D eigenvalue weighted by Gasteiger charge is -2.27. The number of unbranched alkanes of at least 4 members (excludes halogenated alkanes) is 4. The van der Waals surface area contributed by atoms with Gasteiger partial charge in [0, 0.05) is 76.1 Å². The van der Waals surface area contributed by atoms with E-state index in [1.54, 1.807) is 55.5 Å². The van der Waals surface area contributed by atoms with Gasteiger partial charge in [-0.2, -0.15) is 15.3 Å². The normalized spacial score (nSPS) is 14.9. The van der Waals surface area contributed by atoms with Crippen LogP contribution in [0, 0.1) is 22.7 Å². The molecular weight excluding hydrogens is 1140 g/mol. The number of nitrogens with two attached hydrogens (primary N) is 1. The molecule has 492 valence electrons. The highest BCUT2D eigenvalue weighted by Gasteiger charge is 2.35. The summed E-state index contributed by atoms with van der Waals surface area (Å²) in [5, 5.41) is 41.1. The largest absolute Gasteiger partial charge is 0.478 e. The number of benzene rings is 4. The SMILES string of the molecule is CC1(C)CCCC1CN.CCCCC(=O)CC(=O)c1ccc(C(C)=O)cc1.CCCCc1cc(-c2ccc(C(=O)NCC3CCCC3(C)C)cc2)n[nH]1.CCCCc1cc(-c2ccc(C(=O)O)cc2)n[nH]1.CCCCc1cc(-c2ccc(C(C)=O)cc2)n[nH]1.CO. The average molecular weight is 1250 g/mol. The van der Waals surface area contributed by atoms with E-state index in [1.165, 1.54) is 82.5 Å². The second-order valence-electron chi connectivity index (χ2n) is 25.2. The van der Waals surface area contributed by atoms with Crippen molar-refractivity contribution >= 4 is 35.0 Å². The topological polar surface area (TPSA) is 267 Å². The van der Waals surface area contributed by atoms with Crippen molar-refractivity contribution in [1.29, 1.82) is 0 Å². The fraction of sp³-hybridized carbons (Fsp3) is 0.480. The summed E-state index contributed by atoms with van der Waals surface area (Å²) >= 11 is 0. The summed E-state index contributed by atoms with van der Waals surface area (Å²) in [6, 6.07) is 34.7. The van der Waals surface area contributed by atoms with Crippen molar-refractivity contribution < 1.29 is 39.0 Å². The number of rotatable bonds is 25. The third kappa shape index (κ3) is 25.3. The zero-order valence-electron chi connectivity index (χ0n) is 56.2. The van der Waals surface area contributed by atoms with E-state index in [-0.39, 0.29) is 35.5 Å². The summed E-state index contributed by atoms with van der Waals surface area (Å²) < 4.78 is 0. The Kier molecular flexibility index (Phi) is 32.6. The highest BCUT2D eigenvalue weighted by molar-refractivity contribution is 6.08. The lowest BCUT2D eigenvalue weighted by Crippen LogP contribution is -2.33. The number of nitrogens with one attached hydrogen (secondary N) is 4. The van der Waals surface area contributed by atoms with Gasteiger partial charge in [-0.25, -0.2) is 4.79 Å². The van der Waals surface area contributed by atoms with E-state index >= 15 is 0 Å². The number of amides is 1. The monoisotopic (exact) mass is 1240 g/mol. The predicted molar refractivity (Wildman–Crippen MR) is 367 cm³/mol. The van der Waals surface area contributed by atoms with Gasteiger partial charge in [-0.15, -0.1) is 0 Å². The minimum atomic E-state index is -0.910. The van der Waals surface area contributed by atoms with Crippen LogP contribution in [0.25, 0.3) is 33.8 Å². The maximum Gasteiger partial charge on any atom is 0.335 e. The van der Waals surface area contributed by atoms with Crippen molar-refractivity contribution in [3.8, 4) is 33.8 Å². The number of H-pyrrole nitrogens is 3. The molecule has 3 heterocycles. The zero-order valence-corrected chi connectivity index (χ0v) is 56.2. The molecule has 2 saturated carbocycles. The molecule has 9 rings (SSSR count). The quantitative estimate of drug-likeness (QED) is 0.0208. The van der Waals surface area contributed by atoms with Crippen molar-refractivity contribution in [2.75, 3.05) is 20.2 Å². The number of hydrogen-bond donors (Lipinski definition) is 7. The first-order valence-corrected chi connectivity index (χ1v) is 32.9. The summed E-state index contributed by atoms with van der Waals surface area (Å²) in [6.45, 7) is 22.5. The molecule has 1 amide bonds. The van der Waals surface area contributed by atoms with E-state index in [9.17, 15) is 28.8 Å². The van der Waals surface area contributed by atoms with Gasteiger partial charge in [-0.05, 0) is 156 Å². The molecule has 0 bridgehead atoms. The van der Waals surface area contributed by atoms with Gasteiger partial charge in [0.05, 0.1) is 29.1 Å². The van der Waals surface area contributed by atoms with Crippen molar-refractivity contribution in [3.63, 3.8) is 0 Å². The van der Waals surface area contributed by atoms with Gasteiger partial charge in [0.1, 0.15) is 5.78 Å². The number of aromatic nitrogens is 6. The Bertz CT molecular complexity index is 3200. The van der Waals surface area contributed by atoms with Crippen LogP contribution in [0.1, 0.15) is 241 Å². The first-order chi connectivity index (χ1) is 43.6. The van der Waals surface area contributed by atoms with E-state index < -0.39 is 5.97 Å². The summed E-state index contributed by atoms with van der Waals surface area (Å²) in [5.41, 5.74) is 18.5. The smallest absolute Gasteiger partial charge is 0.335 e. The highest BCUT2D eigenvalue weighted by atomic mass is 16.4. The van der Waals surface area contributed by atoms with Crippen LogP contribution >= 0.6 is 0 Å². The lowest BCUT2D eigenvalue weighted by molar-refractivity contribution is -0.118. The molecule has 0 radical (unpaired) electrons. The maximum atomic E-state index is 12.4. The average Bonchev–Trinajstić information content (AvgIpc) is 2.73. The number of carbonyl (C=O) groups is 6. The molecule has 8 N–H and O–H groups in total. The molecule has 16 nitrogen and oxygen atoms in total. The number of ketones is 4. The summed E-state index contributed by atoms with van der Waals surface area (Å²) in [7, 11) is 1.00. The van der Waals surface area contributed by atoms with Crippen LogP contribution in [-0.4, -0.2) is 96.0 Å². The molecule has 16 heteroatoms. The minimum absolute atomic E-state index is 0.0162. The number of aromatic carboxylic acids is 1. The number of aliphatic hydroxyl groups excluding tert-OH is 1. The predicted octanol–water partition coefficient (Wildman–Crippen LogP) is 16.3. The molecule has 3 aromatic heterocycles. The third-order valence-corrected chi connectivity index (χ3v) is 17.3. The minimum Gasteiger partial charge on any atom is -0.478 e. The molecule has 7 aromatic rings. The van der Waals surface area contributed by atoms with Crippen LogP contribution in [0.4, 0.5) is 0 Å². The number of carboxylic acids is 1. The van der Waals surface area contributed by atoms with Crippen molar-refractivity contribution in [2.45, 2.75) is 191 Å². The van der Waals surface area contributed by atoms with E-state index in [0.717, 1.165) is 116 Å². The lowest BCUT2D eigenvalue weighted by atomic mass is 9.82. The molecule has 2 aliphatic carbocycles. The second-order valence-corrected chi connectivity index (χ2v) is 25.2. The fourth-order valence-corrected chi connectivity index (χ4v) is 11.0. The van der Waals surface area contributed by atoms with Gasteiger partial charge >= 0.3 is 5.97 Å². The van der Waals surface area contributed by atoms with Crippen molar-refractivity contribution in [2.24, 2.45) is 28.4 Å². The number of carboxylic acid groups (broad SMARTS) is 1. The molecule has 0 spiro atoms. The fourth-order valence-electron chi connectivity index (χ4n) is 11.0. The molecule has 91 heavy (non-hydrogen) atoms. The number of aryl methyl sites for hydroxylation is 3. The molecule has 4 aromatic carbocycles. The van der Waals surface area contributed by atoms with Crippen LogP contribution < -0.4 is 11.1 Å². The van der Waals surface area contributed by atoms with Crippen LogP contribution in [0.15, 0.2) is 115 Å². The molecule has 0 saturated heterocycles. The summed E-state index contributed by atoms with van der Waals surface area (Å²) in [6.07, 6.45) is 20.1. The number of carbonyl (C=O) groups excluding carboxylic acids is 5. The van der Waals surface area contributed by atoms with Gasteiger partial charge in [-0.3, -0.25) is 39.3 Å². The second kappa shape index (κ2) is 39.3. The third-order valence-electron chi connectivity index (χ3n) is 17.3. The van der Waals surface area contributed by atoms with Crippen LogP contribution in [-0.2, 0) is 24.1 Å². The van der Waals surface area contributed by atoms with Crippen LogP contribution in [0.5, 0.6) is 0 Å². The molecule has 2 aliphatic rings. The molecular formula is C75H104N8O8. The Morgan fingerprint density at radius 1 is 0.516 bits per heavy atom. The van der Waals surface area contributed by atoms with Gasteiger partial charge in [-0.1, -0.05) is 167 Å². The Morgan fingerprint density at radius 2 is 0.868 bits per heavy atom. The van der Waals surface area contributed by atoms with Gasteiger partial charge in [0.15, 0.2) is 17.3 Å². The highest BCUT2D eigenvalue weighted by Crippen LogP contribution is 2.43. The molecule has 2 fully saturated rings. The van der Waals surface area contributed by atoms with E-state index in [0.29, 0.717) is 45.4 Å². The molecule has 0 aliphatic heterocycles. The summed E-state index contributed by atoms with van der Waals surface area (Å²) in [5.74, 6) is 0.342. The van der Waals surface area contributed by atoms with Crippen molar-refractivity contribution in [1.82, 2.24) is 35.9 Å². The maximum absolute atomic E-state index is 12.4. The Morgan fingerprint density at radius 3 is 1.20 bits per heavy atom. The number of aliphatic hydroxyl groups is 1. The Hall–Kier alpha value is -7.95. The number of Topliss-reactive ketones (excluding diaryl/α,β-unsaturated/α-hetero) is 4. The van der Waals surface area contributed by atoms with E-state index in [1.807, 2.05) is 61.5 Å². The van der Waals surface area contributed by atoms with E-state index in [4.69, 9.17) is 15.9 Å². The summed E-state index contributed by atoms with van der Waals surface area (Å²) in [4.78, 5) is 68.8. The van der Waals surface area contributed by atoms with Crippen molar-refractivity contribution in [3.05, 3.63) is 160 Å². The Labute approximate surface area is 541 Å². The zero-order chi connectivity index (χ0) is 66.9. The number of aromatic amines is 3. The number of hydrogen-bond acceptors (Lipinski definition) is 11. The van der Waals surface area contributed by atoms with E-state index in [2.05, 4.69) is 96.5 Å². The van der Waals surface area contributed by atoms with Crippen LogP contribution in [0.2, 0.25) is 0 Å². The Balaban J connectivity index is 0.000000248. The van der Waals surface area contributed by atoms with Gasteiger partial charge < -0.3 is 21.3 Å². The van der Waals surface area contributed by atoms with Gasteiger partial charge in [0.2, 0.25) is 0 Å². The first-order valence-electron chi connectivity index (χ1n) is 32.9. The van der Waals surface area contributed by atoms with Crippen LogP contribution in [0.3, 0.4) is 0 Å².